The van der Waals surface area contributed by atoms with Gasteiger partial charge in [0.15, 0.2) is 0 Å². The van der Waals surface area contributed by atoms with E-state index in [4.69, 9.17) is 5.11 Å². The molecule has 0 rings (SSSR count). The van der Waals surface area contributed by atoms with Crippen molar-refractivity contribution in [2.75, 3.05) is 0 Å². The van der Waals surface area contributed by atoms with Gasteiger partial charge >= 0.3 is 5.97 Å². The van der Waals surface area contributed by atoms with Gasteiger partial charge in [0, 0.05) is 0 Å². The molecule has 15 heavy (non-hydrogen) atoms. The molecule has 0 saturated carbocycles. The van der Waals surface area contributed by atoms with Gasteiger partial charge in [0.1, 0.15) is 12.1 Å². The van der Waals surface area contributed by atoms with Gasteiger partial charge in [-0.25, -0.2) is 0 Å². The summed E-state index contributed by atoms with van der Waals surface area (Å²) in [6, 6.07) is -1.78. The van der Waals surface area contributed by atoms with E-state index in [0.717, 1.165) is 6.08 Å². The summed E-state index contributed by atoms with van der Waals surface area (Å²) in [6.07, 6.45) is 1.03. The molecule has 2 unspecified atom stereocenters. The molecule has 0 bridgehead atoms. The third-order valence-corrected chi connectivity index (χ3v) is 1.67. The Morgan fingerprint density at radius 3 is 2.13 bits per heavy atom. The molecule has 0 fully saturated rings. The highest BCUT2D eigenvalue weighted by Gasteiger charge is 2.19. The van der Waals surface area contributed by atoms with Gasteiger partial charge in [0.05, 0.1) is 0 Å². The van der Waals surface area contributed by atoms with Crippen LogP contribution in [-0.2, 0) is 14.4 Å². The van der Waals surface area contributed by atoms with E-state index in [2.05, 4.69) is 17.2 Å². The lowest BCUT2D eigenvalue weighted by molar-refractivity contribution is -0.141. The van der Waals surface area contributed by atoms with E-state index in [1.165, 1.54) is 13.8 Å². The monoisotopic (exact) mass is 214 g/mol. The first-order chi connectivity index (χ1) is 6.88. The molecule has 6 heteroatoms. The number of carbonyl (C=O) groups is 3. The van der Waals surface area contributed by atoms with Crippen molar-refractivity contribution in [3.63, 3.8) is 0 Å². The summed E-state index contributed by atoms with van der Waals surface area (Å²) in [5.41, 5.74) is 0. The standard InChI is InChI=1S/C9H14N2O4/c1-4-7(12)10-5(2)8(13)11-6(3)9(14)15/h4-6H,1H2,2-3H3,(H,10,12)(H,11,13)(H,14,15). The van der Waals surface area contributed by atoms with Crippen molar-refractivity contribution in [1.29, 1.82) is 0 Å². The zero-order chi connectivity index (χ0) is 12.0. The van der Waals surface area contributed by atoms with Crippen molar-refractivity contribution in [2.45, 2.75) is 25.9 Å². The van der Waals surface area contributed by atoms with Gasteiger partial charge in [-0.2, -0.15) is 0 Å². The van der Waals surface area contributed by atoms with Crippen LogP contribution in [0.4, 0.5) is 0 Å². The van der Waals surface area contributed by atoms with Crippen LogP contribution in [-0.4, -0.2) is 35.0 Å². The van der Waals surface area contributed by atoms with Crippen LogP contribution in [0.25, 0.3) is 0 Å². The summed E-state index contributed by atoms with van der Waals surface area (Å²) in [7, 11) is 0. The number of amides is 2. The molecular weight excluding hydrogens is 200 g/mol. The second-order valence-corrected chi connectivity index (χ2v) is 3.00. The molecule has 0 aromatic carbocycles. The lowest BCUT2D eigenvalue weighted by atomic mass is 10.2. The number of carboxylic acids is 1. The smallest absolute Gasteiger partial charge is 0.325 e. The molecule has 0 aromatic rings. The summed E-state index contributed by atoms with van der Waals surface area (Å²) in [4.78, 5) is 32.5. The van der Waals surface area contributed by atoms with Crippen LogP contribution in [0.5, 0.6) is 0 Å². The first-order valence-corrected chi connectivity index (χ1v) is 4.34. The highest BCUT2D eigenvalue weighted by Crippen LogP contribution is 1.87. The number of carbonyl (C=O) groups excluding carboxylic acids is 2. The molecule has 0 aliphatic heterocycles. The zero-order valence-corrected chi connectivity index (χ0v) is 8.61. The predicted molar refractivity (Wildman–Crippen MR) is 53.0 cm³/mol. The molecule has 0 aliphatic rings. The van der Waals surface area contributed by atoms with Gasteiger partial charge in [-0.15, -0.1) is 0 Å². The third kappa shape index (κ3) is 4.80. The molecule has 0 radical (unpaired) electrons. The van der Waals surface area contributed by atoms with Crippen LogP contribution in [0.15, 0.2) is 12.7 Å². The van der Waals surface area contributed by atoms with Gasteiger partial charge in [0.25, 0.3) is 0 Å². The van der Waals surface area contributed by atoms with Crippen LogP contribution in [0.3, 0.4) is 0 Å². The van der Waals surface area contributed by atoms with Crippen LogP contribution in [0.2, 0.25) is 0 Å². The molecule has 0 aromatic heterocycles. The van der Waals surface area contributed by atoms with Gasteiger partial charge in [-0.3, -0.25) is 14.4 Å². The largest absolute Gasteiger partial charge is 0.480 e. The number of hydrogen-bond acceptors (Lipinski definition) is 3. The predicted octanol–water partition coefficient (Wildman–Crippen LogP) is -0.734. The maximum absolute atomic E-state index is 11.3. The number of nitrogens with one attached hydrogen (secondary N) is 2. The van der Waals surface area contributed by atoms with Crippen LogP contribution in [0.1, 0.15) is 13.8 Å². The number of aliphatic carboxylic acids is 1. The first kappa shape index (κ1) is 13.2. The van der Waals surface area contributed by atoms with Crippen molar-refractivity contribution >= 4 is 17.8 Å². The minimum absolute atomic E-state index is 0.486. The van der Waals surface area contributed by atoms with Gasteiger partial charge in [-0.1, -0.05) is 6.58 Å². The molecule has 2 amide bonds. The highest BCUT2D eigenvalue weighted by atomic mass is 16.4. The Morgan fingerprint density at radius 1 is 1.20 bits per heavy atom. The van der Waals surface area contributed by atoms with E-state index >= 15 is 0 Å². The Balaban J connectivity index is 4.15. The summed E-state index contributed by atoms with van der Waals surface area (Å²) in [5, 5.41) is 13.1. The summed E-state index contributed by atoms with van der Waals surface area (Å²) < 4.78 is 0. The maximum atomic E-state index is 11.3. The average Bonchev–Trinajstić information content (AvgIpc) is 2.16. The molecular formula is C9H14N2O4. The fourth-order valence-electron chi connectivity index (χ4n) is 0.738. The summed E-state index contributed by atoms with van der Waals surface area (Å²) in [5.74, 6) is -2.17. The number of rotatable bonds is 5. The molecule has 0 saturated heterocycles. The molecule has 6 nitrogen and oxygen atoms in total. The topological polar surface area (TPSA) is 95.5 Å². The van der Waals surface area contributed by atoms with Crippen molar-refractivity contribution in [3.8, 4) is 0 Å². The Labute approximate surface area is 87.3 Å². The Bertz CT molecular complexity index is 288. The van der Waals surface area contributed by atoms with E-state index in [1.54, 1.807) is 0 Å². The molecule has 84 valence electrons. The highest BCUT2D eigenvalue weighted by molar-refractivity contribution is 5.93. The number of carboxylic acid groups (broad SMARTS) is 1. The lowest BCUT2D eigenvalue weighted by Crippen LogP contribution is -2.49. The molecule has 0 aliphatic carbocycles. The number of hydrogen-bond donors (Lipinski definition) is 3. The van der Waals surface area contributed by atoms with E-state index in [0.29, 0.717) is 0 Å². The summed E-state index contributed by atoms with van der Waals surface area (Å²) >= 11 is 0. The maximum Gasteiger partial charge on any atom is 0.325 e. The normalized spacial score (nSPS) is 13.5. The third-order valence-electron chi connectivity index (χ3n) is 1.67. The van der Waals surface area contributed by atoms with E-state index in [9.17, 15) is 14.4 Å². The molecule has 2 atom stereocenters. The minimum Gasteiger partial charge on any atom is -0.480 e. The molecule has 0 spiro atoms. The first-order valence-electron chi connectivity index (χ1n) is 4.34. The Hall–Kier alpha value is -1.85. The van der Waals surface area contributed by atoms with Gasteiger partial charge in [-0.05, 0) is 19.9 Å². The second-order valence-electron chi connectivity index (χ2n) is 3.00. The minimum atomic E-state index is -1.13. The lowest BCUT2D eigenvalue weighted by Gasteiger charge is -2.15. The SMILES string of the molecule is C=CC(=O)NC(C)C(=O)NC(C)C(=O)O. The van der Waals surface area contributed by atoms with Crippen molar-refractivity contribution in [1.82, 2.24) is 10.6 Å². The Kier molecular flexibility index (Phi) is 5.08. The molecule has 0 heterocycles. The second kappa shape index (κ2) is 5.79. The van der Waals surface area contributed by atoms with E-state index < -0.39 is 29.9 Å². The fourth-order valence-corrected chi connectivity index (χ4v) is 0.738. The van der Waals surface area contributed by atoms with Crippen LogP contribution >= 0.6 is 0 Å². The van der Waals surface area contributed by atoms with E-state index in [1.807, 2.05) is 0 Å². The summed E-state index contributed by atoms with van der Waals surface area (Å²) in [6.45, 7) is 6.01. The quantitative estimate of drug-likeness (QED) is 0.525. The fraction of sp³-hybridized carbons (Fsp3) is 0.444. The van der Waals surface area contributed by atoms with Crippen molar-refractivity contribution in [2.24, 2.45) is 0 Å². The molecule has 3 N–H and O–H groups in total. The van der Waals surface area contributed by atoms with Crippen molar-refractivity contribution in [3.05, 3.63) is 12.7 Å². The van der Waals surface area contributed by atoms with E-state index in [-0.39, 0.29) is 0 Å². The zero-order valence-electron chi connectivity index (χ0n) is 8.61. The van der Waals surface area contributed by atoms with Crippen molar-refractivity contribution < 1.29 is 19.5 Å². The Morgan fingerprint density at radius 2 is 1.73 bits per heavy atom. The average molecular weight is 214 g/mol. The van der Waals surface area contributed by atoms with Crippen LogP contribution < -0.4 is 10.6 Å². The van der Waals surface area contributed by atoms with Crippen LogP contribution in [0, 0.1) is 0 Å². The van der Waals surface area contributed by atoms with Gasteiger partial charge in [0.2, 0.25) is 11.8 Å². The van der Waals surface area contributed by atoms with Gasteiger partial charge < -0.3 is 15.7 Å².